The number of rotatable bonds is 5. The van der Waals surface area contributed by atoms with E-state index in [-0.39, 0.29) is 0 Å². The topological polar surface area (TPSA) is 62.3 Å². The maximum atomic E-state index is 12.5. The van der Waals surface area contributed by atoms with Crippen LogP contribution in [0.3, 0.4) is 0 Å². The Bertz CT molecular complexity index is 530. The summed E-state index contributed by atoms with van der Waals surface area (Å²) in [7, 11) is -3.37. The van der Waals surface area contributed by atoms with E-state index in [2.05, 4.69) is 17.2 Å². The van der Waals surface area contributed by atoms with Crippen LogP contribution in [0.5, 0.6) is 0 Å². The van der Waals surface area contributed by atoms with Crippen molar-refractivity contribution < 1.29 is 8.42 Å². The van der Waals surface area contributed by atoms with Gasteiger partial charge in [-0.05, 0) is 25.3 Å². The van der Waals surface area contributed by atoms with E-state index in [9.17, 15) is 8.42 Å². The summed E-state index contributed by atoms with van der Waals surface area (Å²) in [4.78, 5) is 4.44. The molecule has 0 saturated carbocycles. The molecule has 19 heavy (non-hydrogen) atoms. The lowest BCUT2D eigenvalue weighted by atomic mass is 10.1. The van der Waals surface area contributed by atoms with Gasteiger partial charge in [-0.15, -0.1) is 0 Å². The van der Waals surface area contributed by atoms with Crippen LogP contribution in [-0.4, -0.2) is 37.3 Å². The quantitative estimate of drug-likeness (QED) is 0.897. The molecule has 0 amide bonds. The van der Waals surface area contributed by atoms with Gasteiger partial charge in [0.1, 0.15) is 5.82 Å². The first-order chi connectivity index (χ1) is 9.07. The van der Waals surface area contributed by atoms with Gasteiger partial charge >= 0.3 is 0 Å². The maximum Gasteiger partial charge on any atom is 0.243 e. The second-order valence-electron chi connectivity index (χ2n) is 4.83. The van der Waals surface area contributed by atoms with Crippen molar-refractivity contribution in [3.63, 3.8) is 0 Å². The van der Waals surface area contributed by atoms with Gasteiger partial charge in [-0.3, -0.25) is 0 Å². The Kier molecular flexibility index (Phi) is 4.42. The zero-order valence-corrected chi connectivity index (χ0v) is 12.3. The minimum atomic E-state index is -3.37. The summed E-state index contributed by atoms with van der Waals surface area (Å²) in [6, 6.07) is 3.17. The van der Waals surface area contributed by atoms with Crippen LogP contribution < -0.4 is 5.32 Å². The van der Waals surface area contributed by atoms with Crippen molar-refractivity contribution in [2.75, 3.05) is 25.0 Å². The van der Waals surface area contributed by atoms with Gasteiger partial charge in [-0.25, -0.2) is 13.4 Å². The van der Waals surface area contributed by atoms with Gasteiger partial charge in [-0.2, -0.15) is 4.31 Å². The Morgan fingerprint density at radius 1 is 1.47 bits per heavy atom. The van der Waals surface area contributed by atoms with Gasteiger partial charge in [0.05, 0.1) is 4.90 Å². The summed E-state index contributed by atoms with van der Waals surface area (Å²) < 4.78 is 26.6. The Balaban J connectivity index is 2.22. The number of anilines is 1. The normalized spacial score (nSPS) is 20.6. The molecule has 1 N–H and O–H groups in total. The third-order valence-corrected chi connectivity index (χ3v) is 5.41. The number of hydrogen-bond donors (Lipinski definition) is 1. The molecule has 1 atom stereocenters. The fourth-order valence-electron chi connectivity index (χ4n) is 2.35. The molecule has 106 valence electrons. The first kappa shape index (κ1) is 14.3. The molecule has 1 fully saturated rings. The van der Waals surface area contributed by atoms with Crippen molar-refractivity contribution in [2.24, 2.45) is 5.92 Å². The van der Waals surface area contributed by atoms with E-state index >= 15 is 0 Å². The second-order valence-corrected chi connectivity index (χ2v) is 6.77. The number of nitrogens with zero attached hydrogens (tertiary/aromatic N) is 2. The maximum absolute atomic E-state index is 12.5. The van der Waals surface area contributed by atoms with E-state index in [0.29, 0.717) is 29.7 Å². The Morgan fingerprint density at radius 2 is 2.26 bits per heavy atom. The van der Waals surface area contributed by atoms with Gasteiger partial charge in [0.2, 0.25) is 10.0 Å². The molecule has 5 nitrogen and oxygen atoms in total. The lowest BCUT2D eigenvalue weighted by molar-refractivity contribution is 0.453. The molecule has 0 radical (unpaired) electrons. The number of aromatic nitrogens is 1. The molecule has 1 unspecified atom stereocenters. The van der Waals surface area contributed by atoms with Crippen molar-refractivity contribution >= 4 is 15.8 Å². The second kappa shape index (κ2) is 5.88. The van der Waals surface area contributed by atoms with Crippen LogP contribution in [0.2, 0.25) is 0 Å². The van der Waals surface area contributed by atoms with E-state index in [1.807, 2.05) is 6.92 Å². The third kappa shape index (κ3) is 3.06. The summed E-state index contributed by atoms with van der Waals surface area (Å²) in [5.41, 5.74) is 0. The molecule has 6 heteroatoms. The standard InChI is InChI=1S/C13H21N3O2S/c1-3-11-6-8-16(10-11)19(17,18)12-5-7-15-13(9-12)14-4-2/h5,7,9,11H,3-4,6,8,10H2,1-2H3,(H,14,15). The minimum absolute atomic E-state index is 0.329. The Hall–Kier alpha value is -1.14. The highest BCUT2D eigenvalue weighted by molar-refractivity contribution is 7.89. The monoisotopic (exact) mass is 283 g/mol. The average molecular weight is 283 g/mol. The summed E-state index contributed by atoms with van der Waals surface area (Å²) in [6.45, 7) is 6.04. The van der Waals surface area contributed by atoms with Crippen LogP contribution in [-0.2, 0) is 10.0 Å². The highest BCUT2D eigenvalue weighted by Gasteiger charge is 2.31. The molecular formula is C13H21N3O2S. The van der Waals surface area contributed by atoms with Crippen LogP contribution >= 0.6 is 0 Å². The molecule has 1 aliphatic heterocycles. The van der Waals surface area contributed by atoms with Crippen molar-refractivity contribution in [2.45, 2.75) is 31.6 Å². The fourth-order valence-corrected chi connectivity index (χ4v) is 3.89. The predicted octanol–water partition coefficient (Wildman–Crippen LogP) is 1.93. The van der Waals surface area contributed by atoms with Crippen molar-refractivity contribution in [3.8, 4) is 0 Å². The summed E-state index contributed by atoms with van der Waals surface area (Å²) in [5.74, 6) is 1.10. The Morgan fingerprint density at radius 3 is 2.89 bits per heavy atom. The number of sulfonamides is 1. The molecule has 0 spiro atoms. The molecular weight excluding hydrogens is 262 g/mol. The summed E-state index contributed by atoms with van der Waals surface area (Å²) in [6.07, 6.45) is 3.53. The van der Waals surface area contributed by atoms with Gasteiger partial charge in [0.25, 0.3) is 0 Å². The van der Waals surface area contributed by atoms with Crippen LogP contribution in [0.15, 0.2) is 23.2 Å². The van der Waals surface area contributed by atoms with Crippen molar-refractivity contribution in [1.29, 1.82) is 0 Å². The molecule has 1 aliphatic rings. The van der Waals surface area contributed by atoms with Gasteiger partial charge in [-0.1, -0.05) is 13.3 Å². The molecule has 0 aliphatic carbocycles. The van der Waals surface area contributed by atoms with Crippen LogP contribution in [0, 0.1) is 5.92 Å². The Labute approximate surface area is 115 Å². The molecule has 1 saturated heterocycles. The van der Waals surface area contributed by atoms with Crippen LogP contribution in [0.25, 0.3) is 0 Å². The minimum Gasteiger partial charge on any atom is -0.370 e. The first-order valence-corrected chi connectivity index (χ1v) is 8.22. The van der Waals surface area contributed by atoms with Crippen molar-refractivity contribution in [1.82, 2.24) is 9.29 Å². The molecule has 1 aromatic heterocycles. The van der Waals surface area contributed by atoms with Gasteiger partial charge in [0, 0.05) is 31.9 Å². The van der Waals surface area contributed by atoms with E-state index in [1.54, 1.807) is 16.4 Å². The number of pyridine rings is 1. The van der Waals surface area contributed by atoms with E-state index in [1.165, 1.54) is 6.20 Å². The third-order valence-electron chi connectivity index (χ3n) is 3.55. The first-order valence-electron chi connectivity index (χ1n) is 6.78. The molecule has 1 aromatic rings. The highest BCUT2D eigenvalue weighted by atomic mass is 32.2. The zero-order valence-electron chi connectivity index (χ0n) is 11.5. The van der Waals surface area contributed by atoms with E-state index in [0.717, 1.165) is 19.4 Å². The van der Waals surface area contributed by atoms with Crippen LogP contribution in [0.4, 0.5) is 5.82 Å². The zero-order chi connectivity index (χ0) is 13.9. The van der Waals surface area contributed by atoms with Gasteiger partial charge in [0.15, 0.2) is 0 Å². The van der Waals surface area contributed by atoms with Crippen molar-refractivity contribution in [3.05, 3.63) is 18.3 Å². The van der Waals surface area contributed by atoms with E-state index in [4.69, 9.17) is 0 Å². The highest BCUT2D eigenvalue weighted by Crippen LogP contribution is 2.26. The molecule has 2 heterocycles. The molecule has 0 aromatic carbocycles. The number of hydrogen-bond acceptors (Lipinski definition) is 4. The smallest absolute Gasteiger partial charge is 0.243 e. The van der Waals surface area contributed by atoms with E-state index < -0.39 is 10.0 Å². The van der Waals surface area contributed by atoms with Crippen LogP contribution in [0.1, 0.15) is 26.7 Å². The summed E-state index contributed by atoms with van der Waals surface area (Å²) >= 11 is 0. The fraction of sp³-hybridized carbons (Fsp3) is 0.615. The predicted molar refractivity (Wildman–Crippen MR) is 75.6 cm³/mol. The lowest BCUT2D eigenvalue weighted by Gasteiger charge is -2.16. The molecule has 2 rings (SSSR count). The molecule has 0 bridgehead atoms. The lowest BCUT2D eigenvalue weighted by Crippen LogP contribution is -2.29. The SMILES string of the molecule is CCNc1cc(S(=O)(=O)N2CCC(CC)C2)ccn1. The average Bonchev–Trinajstić information content (AvgIpc) is 2.89. The summed E-state index contributed by atoms with van der Waals surface area (Å²) in [5, 5.41) is 3.04. The van der Waals surface area contributed by atoms with Gasteiger partial charge < -0.3 is 5.32 Å². The largest absolute Gasteiger partial charge is 0.370 e. The number of nitrogens with one attached hydrogen (secondary N) is 1.